The summed E-state index contributed by atoms with van der Waals surface area (Å²) in [5.74, 6) is -5.50. The largest absolute Gasteiger partial charge is 0.522 e. The molecule has 0 aromatic heterocycles. The Morgan fingerprint density at radius 2 is 1.15 bits per heavy atom. The average Bonchev–Trinajstić information content (AvgIpc) is 1.79. The predicted molar refractivity (Wildman–Crippen MR) is 23.0 cm³/mol. The van der Waals surface area contributed by atoms with Crippen LogP contribution in [-0.2, 0) is 4.74 Å². The fourth-order valence-corrected chi connectivity index (χ4v) is 0.254. The molecule has 0 aliphatic heterocycles. The molecule has 1 nitrogen and oxygen atoms in total. The van der Waals surface area contributed by atoms with Crippen LogP contribution in [0.3, 0.4) is 0 Å². The lowest BCUT2D eigenvalue weighted by Gasteiger charge is -2.19. The van der Waals surface area contributed by atoms with Gasteiger partial charge in [-0.05, 0) is 0 Å². The minimum atomic E-state index is -6.04. The highest BCUT2D eigenvalue weighted by Gasteiger charge is 2.59. The zero-order chi connectivity index (χ0) is 10.9. The van der Waals surface area contributed by atoms with Crippen LogP contribution in [0.15, 0.2) is 0 Å². The topological polar surface area (TPSA) is 9.23 Å². The molecule has 0 spiro atoms. The van der Waals surface area contributed by atoms with Gasteiger partial charge in [-0.3, -0.25) is 4.74 Å². The minimum absolute atomic E-state index is 2.35. The first kappa shape index (κ1) is 12.4. The normalized spacial score (nSPS) is 14.8. The van der Waals surface area contributed by atoms with Crippen molar-refractivity contribution in [3.63, 3.8) is 0 Å². The van der Waals surface area contributed by atoms with Crippen LogP contribution in [0.4, 0.5) is 35.1 Å². The number of hydrogen-bond acceptors (Lipinski definition) is 1. The molecule has 0 amide bonds. The van der Waals surface area contributed by atoms with E-state index in [1.807, 2.05) is 0 Å². The smallest absolute Gasteiger partial charge is 0.285 e. The van der Waals surface area contributed by atoms with Crippen molar-refractivity contribution in [3.05, 3.63) is 0 Å². The molecule has 80 valence electrons. The molecule has 0 aliphatic rings. The summed E-state index contributed by atoms with van der Waals surface area (Å²) in [5.41, 5.74) is 0. The summed E-state index contributed by atoms with van der Waals surface area (Å²) in [6, 6.07) is 0. The number of ether oxygens (including phenoxy) is 1. The summed E-state index contributed by atoms with van der Waals surface area (Å²) in [6.45, 7) is -2.76. The van der Waals surface area contributed by atoms with Crippen LogP contribution in [0.25, 0.3) is 0 Å². The van der Waals surface area contributed by atoms with Crippen molar-refractivity contribution in [2.75, 3.05) is 6.61 Å². The molecule has 0 unspecified atom stereocenters. The molecule has 13 heavy (non-hydrogen) atoms. The van der Waals surface area contributed by atoms with E-state index in [0.717, 1.165) is 0 Å². The third-order valence-corrected chi connectivity index (χ3v) is 0.832. The highest BCUT2D eigenvalue weighted by atomic mass is 19.4. The van der Waals surface area contributed by atoms with Gasteiger partial charge in [-0.2, -0.15) is 22.0 Å². The van der Waals surface area contributed by atoms with Crippen LogP contribution in [0.1, 0.15) is 0 Å². The van der Waals surface area contributed by atoms with E-state index < -0.39 is 25.1 Å². The van der Waals surface area contributed by atoms with Gasteiger partial charge in [-0.25, -0.2) is 0 Å². The van der Waals surface area contributed by atoms with E-state index in [1.165, 1.54) is 0 Å². The highest BCUT2D eigenvalue weighted by molar-refractivity contribution is 4.74. The van der Waals surface area contributed by atoms with Gasteiger partial charge >= 0.3 is 18.5 Å². The molecule has 0 radical (unpaired) electrons. The molecule has 9 heteroatoms. The second-order valence-corrected chi connectivity index (χ2v) is 1.94. The second kappa shape index (κ2) is 3.28. The van der Waals surface area contributed by atoms with Crippen LogP contribution >= 0.6 is 0 Å². The molecule has 0 N–H and O–H groups in total. The van der Waals surface area contributed by atoms with Crippen molar-refractivity contribution in [3.8, 4) is 0 Å². The highest BCUT2D eigenvalue weighted by Crippen LogP contribution is 2.36. The van der Waals surface area contributed by atoms with Crippen molar-refractivity contribution in [2.45, 2.75) is 18.5 Å². The summed E-state index contributed by atoms with van der Waals surface area (Å²) < 4.78 is 92.6. The molecule has 0 saturated heterocycles. The van der Waals surface area contributed by atoms with E-state index in [4.69, 9.17) is 0 Å². The Labute approximate surface area is 66.3 Å². The SMILES string of the molecule is FC(F)(F)OCC(F)(F)C(F)(F)F. The standard InChI is InChI=1S/C4H2F8O/c5-2(6,3(7,8)9)1-13-4(10,11)12/h1H2. The lowest BCUT2D eigenvalue weighted by atomic mass is 10.3. The average molecular weight is 218 g/mol. The first-order chi connectivity index (χ1) is 5.46. The van der Waals surface area contributed by atoms with Gasteiger partial charge in [-0.15, -0.1) is 13.2 Å². The zero-order valence-corrected chi connectivity index (χ0v) is 5.64. The van der Waals surface area contributed by atoms with Gasteiger partial charge in [0.05, 0.1) is 0 Å². The maximum atomic E-state index is 11.7. The summed E-state index contributed by atoms with van der Waals surface area (Å²) in [6.07, 6.45) is -11.5. The Kier molecular flexibility index (Phi) is 3.12. The van der Waals surface area contributed by atoms with E-state index in [0.29, 0.717) is 0 Å². The van der Waals surface area contributed by atoms with E-state index in [2.05, 4.69) is 4.74 Å². The third kappa shape index (κ3) is 4.25. The van der Waals surface area contributed by atoms with Crippen LogP contribution in [0, 0.1) is 0 Å². The minimum Gasteiger partial charge on any atom is -0.285 e. The van der Waals surface area contributed by atoms with E-state index in [1.54, 1.807) is 0 Å². The van der Waals surface area contributed by atoms with Gasteiger partial charge in [-0.1, -0.05) is 0 Å². The molecule has 0 aliphatic carbocycles. The molecule has 0 fully saturated rings. The van der Waals surface area contributed by atoms with Crippen LogP contribution in [-0.4, -0.2) is 25.1 Å². The van der Waals surface area contributed by atoms with E-state index in [9.17, 15) is 35.1 Å². The molecular weight excluding hydrogens is 216 g/mol. The van der Waals surface area contributed by atoms with Gasteiger partial charge < -0.3 is 0 Å². The quantitative estimate of drug-likeness (QED) is 0.647. The maximum Gasteiger partial charge on any atom is 0.522 e. The maximum absolute atomic E-state index is 11.7. The Balaban J connectivity index is 4.21. The van der Waals surface area contributed by atoms with Crippen molar-refractivity contribution in [1.29, 1.82) is 0 Å². The number of alkyl halides is 8. The second-order valence-electron chi connectivity index (χ2n) is 1.94. The Morgan fingerprint density at radius 3 is 1.38 bits per heavy atom. The number of rotatable bonds is 2. The summed E-state index contributed by atoms with van der Waals surface area (Å²) in [7, 11) is 0. The summed E-state index contributed by atoms with van der Waals surface area (Å²) in [4.78, 5) is 0. The molecule has 0 heterocycles. The van der Waals surface area contributed by atoms with Gasteiger partial charge in [0.25, 0.3) is 0 Å². The number of halogens is 8. The fourth-order valence-electron chi connectivity index (χ4n) is 0.254. The molecule has 0 rings (SSSR count). The molecule has 0 atom stereocenters. The van der Waals surface area contributed by atoms with Crippen molar-refractivity contribution < 1.29 is 39.9 Å². The van der Waals surface area contributed by atoms with Crippen molar-refractivity contribution in [2.24, 2.45) is 0 Å². The van der Waals surface area contributed by atoms with Gasteiger partial charge in [0.2, 0.25) is 0 Å². The predicted octanol–water partition coefficient (Wildman–Crippen LogP) is 2.72. The zero-order valence-electron chi connectivity index (χ0n) is 5.64. The molecule has 0 aromatic carbocycles. The summed E-state index contributed by atoms with van der Waals surface area (Å²) >= 11 is 0. The summed E-state index contributed by atoms with van der Waals surface area (Å²) in [5, 5.41) is 0. The fraction of sp³-hybridized carbons (Fsp3) is 1.00. The lowest BCUT2D eigenvalue weighted by Crippen LogP contribution is -2.42. The monoisotopic (exact) mass is 218 g/mol. The van der Waals surface area contributed by atoms with Gasteiger partial charge in [0.1, 0.15) is 6.61 Å². The molecule has 0 aromatic rings. The Bertz CT molecular complexity index is 166. The third-order valence-electron chi connectivity index (χ3n) is 0.832. The molecule has 0 saturated carbocycles. The Morgan fingerprint density at radius 1 is 0.769 bits per heavy atom. The van der Waals surface area contributed by atoms with Crippen molar-refractivity contribution in [1.82, 2.24) is 0 Å². The van der Waals surface area contributed by atoms with Gasteiger partial charge in [0.15, 0.2) is 0 Å². The van der Waals surface area contributed by atoms with Crippen LogP contribution < -0.4 is 0 Å². The first-order valence-electron chi connectivity index (χ1n) is 2.61. The Hall–Kier alpha value is -0.600. The van der Waals surface area contributed by atoms with E-state index in [-0.39, 0.29) is 0 Å². The van der Waals surface area contributed by atoms with Crippen LogP contribution in [0.2, 0.25) is 0 Å². The lowest BCUT2D eigenvalue weighted by molar-refractivity contribution is -0.369. The van der Waals surface area contributed by atoms with Crippen LogP contribution in [0.5, 0.6) is 0 Å². The first-order valence-corrected chi connectivity index (χ1v) is 2.61. The van der Waals surface area contributed by atoms with Crippen molar-refractivity contribution >= 4 is 0 Å². The van der Waals surface area contributed by atoms with E-state index >= 15 is 0 Å². The number of hydrogen-bond donors (Lipinski definition) is 0. The molecule has 0 bridgehead atoms. The molecular formula is C4H2F8O. The van der Waals surface area contributed by atoms with Gasteiger partial charge in [0, 0.05) is 0 Å².